The van der Waals surface area contributed by atoms with Crippen LogP contribution in [0.25, 0.3) is 0 Å². The predicted molar refractivity (Wildman–Crippen MR) is 89.3 cm³/mol. The van der Waals surface area contributed by atoms with Gasteiger partial charge in [-0.3, -0.25) is 0 Å². The summed E-state index contributed by atoms with van der Waals surface area (Å²) in [6.45, 7) is 1.83. The molecule has 6 heteroatoms. The van der Waals surface area contributed by atoms with Gasteiger partial charge in [-0.2, -0.15) is 0 Å². The van der Waals surface area contributed by atoms with Crippen molar-refractivity contribution >= 4 is 23.0 Å². The number of phenolic OH excluding ortho intramolecular Hbond substituents is 2. The van der Waals surface area contributed by atoms with Crippen LogP contribution in [0.15, 0.2) is 30.3 Å². The predicted octanol–water partition coefficient (Wildman–Crippen LogP) is 3.75. The van der Waals surface area contributed by atoms with Gasteiger partial charge >= 0.3 is 0 Å². The highest BCUT2D eigenvalue weighted by Crippen LogP contribution is 2.55. The molecule has 5 nitrogen and oxygen atoms in total. The third-order valence-electron chi connectivity index (χ3n) is 4.40. The average molecular weight is 333 g/mol. The lowest BCUT2D eigenvalue weighted by atomic mass is 10.0. The van der Waals surface area contributed by atoms with Gasteiger partial charge in [0.1, 0.15) is 11.4 Å². The van der Waals surface area contributed by atoms with Gasteiger partial charge in [0.05, 0.1) is 5.69 Å². The fourth-order valence-electron chi connectivity index (χ4n) is 3.33. The molecule has 2 heterocycles. The van der Waals surface area contributed by atoms with E-state index in [1.54, 1.807) is 6.07 Å². The number of aromatic hydroxyl groups is 2. The first-order valence-electron chi connectivity index (χ1n) is 7.67. The zero-order chi connectivity index (χ0) is 16.0. The third-order valence-corrected chi connectivity index (χ3v) is 4.63. The second-order valence-corrected chi connectivity index (χ2v) is 6.28. The molecule has 2 aliphatic rings. The van der Waals surface area contributed by atoms with Gasteiger partial charge in [-0.25, -0.2) is 0 Å². The molecule has 0 aliphatic carbocycles. The fraction of sp³-hybridized carbons (Fsp3) is 0.294. The van der Waals surface area contributed by atoms with Crippen molar-refractivity contribution in [1.29, 1.82) is 0 Å². The van der Waals surface area contributed by atoms with Crippen molar-refractivity contribution in [1.82, 2.24) is 5.32 Å². The smallest absolute Gasteiger partial charge is 0.196 e. The summed E-state index contributed by atoms with van der Waals surface area (Å²) in [5, 5.41) is 24.5. The number of halogens is 1. The third kappa shape index (κ3) is 2.36. The van der Waals surface area contributed by atoms with Crippen molar-refractivity contribution in [3.05, 3.63) is 35.4 Å². The molecule has 2 aromatic carbocycles. The van der Waals surface area contributed by atoms with Gasteiger partial charge in [-0.1, -0.05) is 11.6 Å². The lowest BCUT2D eigenvalue weighted by Gasteiger charge is -2.40. The minimum atomic E-state index is 0.00219. The van der Waals surface area contributed by atoms with E-state index in [9.17, 15) is 10.2 Å². The first-order valence-corrected chi connectivity index (χ1v) is 8.05. The number of fused-ring (bicyclic) bond motifs is 2. The molecule has 1 fully saturated rings. The molecule has 0 bridgehead atoms. The Hall–Kier alpha value is -2.11. The van der Waals surface area contributed by atoms with Crippen LogP contribution < -0.4 is 15.0 Å². The van der Waals surface area contributed by atoms with E-state index in [2.05, 4.69) is 10.2 Å². The number of hydrogen-bond acceptors (Lipinski definition) is 5. The number of anilines is 2. The van der Waals surface area contributed by atoms with E-state index >= 15 is 0 Å². The summed E-state index contributed by atoms with van der Waals surface area (Å²) in [7, 11) is 0. The Balaban J connectivity index is 1.91. The first-order chi connectivity index (χ1) is 11.1. The van der Waals surface area contributed by atoms with Gasteiger partial charge in [-0.05, 0) is 50.2 Å². The summed E-state index contributed by atoms with van der Waals surface area (Å²) in [5.41, 5.74) is 1.38. The molecule has 0 spiro atoms. The van der Waals surface area contributed by atoms with Gasteiger partial charge in [0, 0.05) is 17.1 Å². The van der Waals surface area contributed by atoms with Crippen LogP contribution in [0.4, 0.5) is 11.4 Å². The van der Waals surface area contributed by atoms with Crippen LogP contribution in [-0.2, 0) is 0 Å². The minimum absolute atomic E-state index is 0.00219. The molecule has 0 aromatic heterocycles. The molecule has 23 heavy (non-hydrogen) atoms. The Morgan fingerprint density at radius 2 is 1.83 bits per heavy atom. The maximum absolute atomic E-state index is 10.4. The van der Waals surface area contributed by atoms with E-state index in [0.29, 0.717) is 16.5 Å². The van der Waals surface area contributed by atoms with E-state index in [1.807, 2.05) is 12.1 Å². The van der Waals surface area contributed by atoms with E-state index in [-0.39, 0.29) is 23.3 Å². The number of nitrogens with zero attached hydrogens (tertiary/aromatic N) is 1. The van der Waals surface area contributed by atoms with Crippen molar-refractivity contribution < 1.29 is 14.9 Å². The summed E-state index contributed by atoms with van der Waals surface area (Å²) in [5.74, 6) is 0.960. The second-order valence-electron chi connectivity index (χ2n) is 5.85. The lowest BCUT2D eigenvalue weighted by Crippen LogP contribution is -2.41. The molecule has 4 rings (SSSR count). The van der Waals surface area contributed by atoms with Crippen LogP contribution in [-0.4, -0.2) is 29.3 Å². The highest BCUT2D eigenvalue weighted by atomic mass is 35.5. The maximum Gasteiger partial charge on any atom is 0.196 e. The van der Waals surface area contributed by atoms with Crippen LogP contribution in [0.1, 0.15) is 12.8 Å². The average Bonchev–Trinajstić information content (AvgIpc) is 2.57. The van der Waals surface area contributed by atoms with E-state index in [1.165, 1.54) is 12.1 Å². The van der Waals surface area contributed by atoms with Crippen molar-refractivity contribution in [3.63, 3.8) is 0 Å². The Morgan fingerprint density at radius 1 is 1.09 bits per heavy atom. The van der Waals surface area contributed by atoms with Gasteiger partial charge < -0.3 is 25.2 Å². The molecule has 2 aromatic rings. The standard InChI is InChI=1S/C17H17ClN2O3/c18-10-1-2-12-15(9-10)23-17-14(22)4-3-13(21)16(17)20(12)11-5-7-19-8-6-11/h1-4,9,11,19,21-22H,5-8H2. The molecule has 2 aliphatic heterocycles. The number of rotatable bonds is 1. The monoisotopic (exact) mass is 332 g/mol. The van der Waals surface area contributed by atoms with E-state index in [0.717, 1.165) is 31.6 Å². The summed E-state index contributed by atoms with van der Waals surface area (Å²) in [4.78, 5) is 2.07. The summed E-state index contributed by atoms with van der Waals surface area (Å²) in [6, 6.07) is 8.58. The van der Waals surface area contributed by atoms with Crippen LogP contribution in [0.3, 0.4) is 0 Å². The fourth-order valence-corrected chi connectivity index (χ4v) is 3.49. The van der Waals surface area contributed by atoms with E-state index < -0.39 is 0 Å². The molecule has 0 atom stereocenters. The number of piperidine rings is 1. The van der Waals surface area contributed by atoms with E-state index in [4.69, 9.17) is 16.3 Å². The zero-order valence-corrected chi connectivity index (χ0v) is 13.2. The second kappa shape index (κ2) is 5.51. The van der Waals surface area contributed by atoms with Crippen molar-refractivity contribution in [2.24, 2.45) is 0 Å². The van der Waals surface area contributed by atoms with Gasteiger partial charge in [0.15, 0.2) is 17.2 Å². The topological polar surface area (TPSA) is 65.0 Å². The minimum Gasteiger partial charge on any atom is -0.506 e. The van der Waals surface area contributed by atoms with Gasteiger partial charge in [0.25, 0.3) is 0 Å². The molecule has 0 unspecified atom stereocenters. The van der Waals surface area contributed by atoms with Crippen LogP contribution in [0, 0.1) is 0 Å². The lowest BCUT2D eigenvalue weighted by molar-refractivity contribution is 0.385. The van der Waals surface area contributed by atoms with Crippen molar-refractivity contribution in [2.45, 2.75) is 18.9 Å². The molecule has 120 valence electrons. The Kier molecular flexibility index (Phi) is 3.47. The number of hydrogen-bond donors (Lipinski definition) is 3. The molecular weight excluding hydrogens is 316 g/mol. The SMILES string of the molecule is Oc1ccc(O)c2c1Oc1cc(Cl)ccc1N2C1CCNCC1. The molecule has 1 saturated heterocycles. The highest BCUT2D eigenvalue weighted by molar-refractivity contribution is 6.30. The van der Waals surface area contributed by atoms with Gasteiger partial charge in [-0.15, -0.1) is 0 Å². The number of phenols is 2. The van der Waals surface area contributed by atoms with Crippen LogP contribution in [0.5, 0.6) is 23.0 Å². The summed E-state index contributed by atoms with van der Waals surface area (Å²) < 4.78 is 5.84. The number of ether oxygens (including phenoxy) is 1. The maximum atomic E-state index is 10.4. The quantitative estimate of drug-likeness (QED) is 0.694. The summed E-state index contributed by atoms with van der Waals surface area (Å²) in [6.07, 6.45) is 1.88. The Morgan fingerprint density at radius 3 is 2.61 bits per heavy atom. The Labute approximate surface area is 139 Å². The molecule has 0 amide bonds. The van der Waals surface area contributed by atoms with Crippen LogP contribution in [0.2, 0.25) is 5.02 Å². The van der Waals surface area contributed by atoms with Crippen molar-refractivity contribution in [2.75, 3.05) is 18.0 Å². The number of nitrogens with one attached hydrogen (secondary N) is 1. The molecule has 3 N–H and O–H groups in total. The summed E-state index contributed by atoms with van der Waals surface area (Å²) >= 11 is 6.09. The first kappa shape index (κ1) is 14.5. The van der Waals surface area contributed by atoms with Crippen molar-refractivity contribution in [3.8, 4) is 23.0 Å². The highest BCUT2D eigenvalue weighted by Gasteiger charge is 2.34. The largest absolute Gasteiger partial charge is 0.506 e. The van der Waals surface area contributed by atoms with Gasteiger partial charge in [0.2, 0.25) is 0 Å². The zero-order valence-electron chi connectivity index (χ0n) is 12.4. The molecular formula is C17H17ClN2O3. The molecule has 0 saturated carbocycles. The molecule has 0 radical (unpaired) electrons. The van der Waals surface area contributed by atoms with Crippen LogP contribution >= 0.6 is 11.6 Å². The number of benzene rings is 2. The normalized spacial score (nSPS) is 17.3. The Bertz CT molecular complexity index is 760.